The summed E-state index contributed by atoms with van der Waals surface area (Å²) in [4.78, 5) is 12.3. The van der Waals surface area contributed by atoms with E-state index in [1.165, 1.54) is 11.8 Å². The fraction of sp³-hybridized carbons (Fsp3) is 0.278. The molecule has 0 unspecified atom stereocenters. The summed E-state index contributed by atoms with van der Waals surface area (Å²) in [5, 5.41) is 11.9. The number of pyridine rings is 1. The zero-order valence-electron chi connectivity index (χ0n) is 14.0. The van der Waals surface area contributed by atoms with Gasteiger partial charge in [0.05, 0.1) is 5.75 Å². The Morgan fingerprint density at radius 3 is 2.67 bits per heavy atom. The molecule has 2 heterocycles. The van der Waals surface area contributed by atoms with Crippen molar-refractivity contribution in [3.8, 4) is 0 Å². The molecule has 6 heteroatoms. The number of carbonyl (C=O) groups excluding carboxylic acids is 1. The standard InChI is InChI=1S/C18H20N4OS/c1-18(2,3)13-8-4-5-9-14(13)19-16(23)12-24-17-21-20-15-10-6-7-11-22(15)17/h4-11H,12H2,1-3H3,(H,19,23). The van der Waals surface area contributed by atoms with E-state index in [1.807, 2.05) is 47.0 Å². The molecule has 0 saturated heterocycles. The van der Waals surface area contributed by atoms with Gasteiger partial charge in [-0.15, -0.1) is 10.2 Å². The molecule has 0 aliphatic carbocycles. The minimum Gasteiger partial charge on any atom is -0.325 e. The van der Waals surface area contributed by atoms with E-state index in [-0.39, 0.29) is 17.1 Å². The number of aromatic nitrogens is 3. The second-order valence-corrected chi connectivity index (χ2v) is 7.49. The summed E-state index contributed by atoms with van der Waals surface area (Å²) in [5.74, 6) is 0.234. The molecule has 3 rings (SSSR count). The molecule has 1 amide bonds. The van der Waals surface area contributed by atoms with Crippen molar-refractivity contribution >= 4 is 29.0 Å². The van der Waals surface area contributed by atoms with Gasteiger partial charge in [0.15, 0.2) is 10.8 Å². The summed E-state index contributed by atoms with van der Waals surface area (Å²) in [5.41, 5.74) is 2.73. The van der Waals surface area contributed by atoms with Crippen LogP contribution >= 0.6 is 11.8 Å². The Labute approximate surface area is 145 Å². The highest BCUT2D eigenvalue weighted by Gasteiger charge is 2.18. The fourth-order valence-electron chi connectivity index (χ4n) is 2.48. The second-order valence-electron chi connectivity index (χ2n) is 6.54. The maximum atomic E-state index is 12.3. The Morgan fingerprint density at radius 2 is 1.88 bits per heavy atom. The van der Waals surface area contributed by atoms with Crippen LogP contribution in [0.4, 0.5) is 5.69 Å². The molecule has 0 radical (unpaired) electrons. The molecule has 0 spiro atoms. The summed E-state index contributed by atoms with van der Waals surface area (Å²) in [6.07, 6.45) is 1.89. The monoisotopic (exact) mass is 340 g/mol. The predicted molar refractivity (Wildman–Crippen MR) is 97.5 cm³/mol. The lowest BCUT2D eigenvalue weighted by atomic mass is 9.86. The number of fused-ring (bicyclic) bond motifs is 1. The van der Waals surface area contributed by atoms with Crippen molar-refractivity contribution in [1.82, 2.24) is 14.6 Å². The molecule has 3 aromatic rings. The molecule has 2 aromatic heterocycles. The number of hydrogen-bond acceptors (Lipinski definition) is 4. The van der Waals surface area contributed by atoms with Crippen LogP contribution in [0.15, 0.2) is 53.8 Å². The number of thioether (sulfide) groups is 1. The highest BCUT2D eigenvalue weighted by Crippen LogP contribution is 2.29. The van der Waals surface area contributed by atoms with Gasteiger partial charge in [-0.3, -0.25) is 9.20 Å². The molecular weight excluding hydrogens is 320 g/mol. The number of para-hydroxylation sites is 1. The Balaban J connectivity index is 1.69. The van der Waals surface area contributed by atoms with E-state index in [2.05, 4.69) is 42.4 Å². The lowest BCUT2D eigenvalue weighted by molar-refractivity contribution is -0.113. The highest BCUT2D eigenvalue weighted by molar-refractivity contribution is 7.99. The van der Waals surface area contributed by atoms with Gasteiger partial charge in [-0.05, 0) is 29.2 Å². The van der Waals surface area contributed by atoms with Gasteiger partial charge in [0.25, 0.3) is 0 Å². The third-order valence-electron chi connectivity index (χ3n) is 3.62. The van der Waals surface area contributed by atoms with Crippen LogP contribution in [-0.4, -0.2) is 26.3 Å². The smallest absolute Gasteiger partial charge is 0.234 e. The zero-order chi connectivity index (χ0) is 17.2. The van der Waals surface area contributed by atoms with Crippen molar-refractivity contribution in [3.63, 3.8) is 0 Å². The Bertz CT molecular complexity index is 867. The number of benzene rings is 1. The molecule has 0 fully saturated rings. The molecule has 0 aliphatic heterocycles. The average molecular weight is 340 g/mol. The topological polar surface area (TPSA) is 59.3 Å². The van der Waals surface area contributed by atoms with Crippen molar-refractivity contribution in [3.05, 3.63) is 54.2 Å². The van der Waals surface area contributed by atoms with Crippen LogP contribution in [0.25, 0.3) is 5.65 Å². The quantitative estimate of drug-likeness (QED) is 0.735. The molecule has 0 atom stereocenters. The Kier molecular flexibility index (Phi) is 4.57. The summed E-state index contributed by atoms with van der Waals surface area (Å²) in [6, 6.07) is 13.6. The van der Waals surface area contributed by atoms with Gasteiger partial charge in [0.1, 0.15) is 0 Å². The number of anilines is 1. The zero-order valence-corrected chi connectivity index (χ0v) is 14.8. The summed E-state index contributed by atoms with van der Waals surface area (Å²) < 4.78 is 1.88. The molecule has 5 nitrogen and oxygen atoms in total. The van der Waals surface area contributed by atoms with E-state index in [9.17, 15) is 4.79 Å². The predicted octanol–water partition coefficient (Wildman–Crippen LogP) is 3.76. The first-order valence-electron chi connectivity index (χ1n) is 7.77. The first kappa shape index (κ1) is 16.5. The van der Waals surface area contributed by atoms with Crippen molar-refractivity contribution in [2.45, 2.75) is 31.3 Å². The van der Waals surface area contributed by atoms with E-state index >= 15 is 0 Å². The number of carbonyl (C=O) groups is 1. The van der Waals surface area contributed by atoms with Crippen LogP contribution in [0.2, 0.25) is 0 Å². The maximum Gasteiger partial charge on any atom is 0.234 e. The van der Waals surface area contributed by atoms with E-state index in [0.717, 1.165) is 16.9 Å². The average Bonchev–Trinajstić information content (AvgIpc) is 2.96. The molecule has 1 N–H and O–H groups in total. The largest absolute Gasteiger partial charge is 0.325 e. The SMILES string of the molecule is CC(C)(C)c1ccccc1NC(=O)CSc1nnc2ccccn12. The molecule has 0 bridgehead atoms. The summed E-state index contributed by atoms with van der Waals surface area (Å²) in [7, 11) is 0. The molecule has 0 saturated carbocycles. The number of nitrogens with zero attached hydrogens (tertiary/aromatic N) is 3. The third-order valence-corrected chi connectivity index (χ3v) is 4.57. The van der Waals surface area contributed by atoms with Crippen LogP contribution in [0.5, 0.6) is 0 Å². The van der Waals surface area contributed by atoms with Crippen LogP contribution in [-0.2, 0) is 10.2 Å². The van der Waals surface area contributed by atoms with Crippen LogP contribution in [0.3, 0.4) is 0 Å². The molecule has 124 valence electrons. The van der Waals surface area contributed by atoms with Crippen LogP contribution in [0.1, 0.15) is 26.3 Å². The molecule has 0 aliphatic rings. The van der Waals surface area contributed by atoms with Crippen LogP contribution in [0, 0.1) is 0 Å². The van der Waals surface area contributed by atoms with E-state index in [4.69, 9.17) is 0 Å². The van der Waals surface area contributed by atoms with Crippen molar-refractivity contribution in [2.24, 2.45) is 0 Å². The van der Waals surface area contributed by atoms with Gasteiger partial charge in [-0.25, -0.2) is 0 Å². The van der Waals surface area contributed by atoms with Crippen molar-refractivity contribution in [2.75, 3.05) is 11.1 Å². The third kappa shape index (κ3) is 3.59. The van der Waals surface area contributed by atoms with Gasteiger partial charge in [0, 0.05) is 11.9 Å². The minimum absolute atomic E-state index is 0.0276. The first-order valence-corrected chi connectivity index (χ1v) is 8.75. The van der Waals surface area contributed by atoms with Crippen molar-refractivity contribution in [1.29, 1.82) is 0 Å². The van der Waals surface area contributed by atoms with Gasteiger partial charge in [0.2, 0.25) is 5.91 Å². The second kappa shape index (κ2) is 6.65. The number of amides is 1. The normalized spacial score (nSPS) is 11.6. The van der Waals surface area contributed by atoms with E-state index in [0.29, 0.717) is 5.16 Å². The highest BCUT2D eigenvalue weighted by atomic mass is 32.2. The van der Waals surface area contributed by atoms with E-state index < -0.39 is 0 Å². The molecule has 1 aromatic carbocycles. The molecule has 24 heavy (non-hydrogen) atoms. The van der Waals surface area contributed by atoms with Gasteiger partial charge < -0.3 is 5.32 Å². The maximum absolute atomic E-state index is 12.3. The number of hydrogen-bond donors (Lipinski definition) is 1. The number of rotatable bonds is 4. The van der Waals surface area contributed by atoms with Gasteiger partial charge >= 0.3 is 0 Å². The Morgan fingerprint density at radius 1 is 1.12 bits per heavy atom. The summed E-state index contributed by atoms with van der Waals surface area (Å²) in [6.45, 7) is 6.40. The number of nitrogens with one attached hydrogen (secondary N) is 1. The van der Waals surface area contributed by atoms with Crippen LogP contribution < -0.4 is 5.32 Å². The first-order chi connectivity index (χ1) is 11.4. The van der Waals surface area contributed by atoms with Gasteiger partial charge in [-0.1, -0.05) is 56.8 Å². The van der Waals surface area contributed by atoms with Crippen molar-refractivity contribution < 1.29 is 4.79 Å². The lowest BCUT2D eigenvalue weighted by Gasteiger charge is -2.22. The minimum atomic E-state index is -0.0515. The lowest BCUT2D eigenvalue weighted by Crippen LogP contribution is -2.19. The Hall–Kier alpha value is -2.34. The van der Waals surface area contributed by atoms with Gasteiger partial charge in [-0.2, -0.15) is 0 Å². The fourth-order valence-corrected chi connectivity index (χ4v) is 3.20. The molecular formula is C18H20N4OS. The van der Waals surface area contributed by atoms with E-state index in [1.54, 1.807) is 0 Å². The summed E-state index contributed by atoms with van der Waals surface area (Å²) >= 11 is 1.37.